The summed E-state index contributed by atoms with van der Waals surface area (Å²) in [6.45, 7) is 6.52. The summed E-state index contributed by atoms with van der Waals surface area (Å²) in [6, 6.07) is 8.03. The Morgan fingerprint density at radius 3 is 2.27 bits per heavy atom. The highest BCUT2D eigenvalue weighted by Gasteiger charge is 2.20. The Kier molecular flexibility index (Phi) is 5.58. The zero-order valence-electron chi connectivity index (χ0n) is 13.4. The fourth-order valence-electron chi connectivity index (χ4n) is 1.98. The Morgan fingerprint density at radius 2 is 1.77 bits per heavy atom. The van der Waals surface area contributed by atoms with Gasteiger partial charge in [-0.2, -0.15) is 4.37 Å². The van der Waals surface area contributed by atoms with E-state index in [1.165, 1.54) is 28.9 Å². The van der Waals surface area contributed by atoms with Crippen molar-refractivity contribution < 1.29 is 4.79 Å². The summed E-state index contributed by atoms with van der Waals surface area (Å²) in [7, 11) is 0. The van der Waals surface area contributed by atoms with Crippen LogP contribution < -0.4 is 5.32 Å². The van der Waals surface area contributed by atoms with E-state index < -0.39 is 0 Å². The maximum Gasteiger partial charge on any atom is 0.260 e. The molecule has 1 amide bonds. The standard InChI is InChI=1S/C16H20N2OS3/c1-16(2,3)10-6-8-11(9-7-10)17-13(19)12-14(20-4)18-22-15(12)21-5/h6-9H,1-5H3,(H,17,19). The molecule has 6 heteroatoms. The summed E-state index contributed by atoms with van der Waals surface area (Å²) in [4.78, 5) is 12.5. The number of nitrogens with one attached hydrogen (secondary N) is 1. The normalized spacial score (nSPS) is 11.5. The lowest BCUT2D eigenvalue weighted by atomic mass is 9.87. The van der Waals surface area contributed by atoms with Crippen LogP contribution in [0.1, 0.15) is 36.7 Å². The van der Waals surface area contributed by atoms with Gasteiger partial charge in [-0.05, 0) is 47.2 Å². The number of carbonyl (C=O) groups excluding carboxylic acids is 1. The Hall–Kier alpha value is -0.980. The first-order chi connectivity index (χ1) is 10.4. The van der Waals surface area contributed by atoms with Crippen LogP contribution in [0.3, 0.4) is 0 Å². The van der Waals surface area contributed by atoms with Crippen LogP contribution in [0.2, 0.25) is 0 Å². The van der Waals surface area contributed by atoms with Crippen LogP contribution in [0.15, 0.2) is 33.5 Å². The van der Waals surface area contributed by atoms with E-state index in [2.05, 4.69) is 42.6 Å². The van der Waals surface area contributed by atoms with E-state index in [1.54, 1.807) is 11.8 Å². The first-order valence-corrected chi connectivity index (χ1v) is 10.1. The van der Waals surface area contributed by atoms with Gasteiger partial charge in [-0.15, -0.1) is 23.5 Å². The minimum atomic E-state index is -0.0917. The van der Waals surface area contributed by atoms with Gasteiger partial charge in [0.15, 0.2) is 0 Å². The van der Waals surface area contributed by atoms with E-state index in [9.17, 15) is 4.79 Å². The van der Waals surface area contributed by atoms with Gasteiger partial charge >= 0.3 is 0 Å². The van der Waals surface area contributed by atoms with Crippen molar-refractivity contribution >= 4 is 46.7 Å². The van der Waals surface area contributed by atoms with Gasteiger partial charge in [0, 0.05) is 5.69 Å². The third-order valence-electron chi connectivity index (χ3n) is 3.24. The van der Waals surface area contributed by atoms with Crippen molar-refractivity contribution in [3.8, 4) is 0 Å². The van der Waals surface area contributed by atoms with Crippen LogP contribution >= 0.6 is 35.1 Å². The molecule has 0 aliphatic rings. The number of anilines is 1. The number of hydrogen-bond donors (Lipinski definition) is 1. The molecule has 22 heavy (non-hydrogen) atoms. The molecule has 118 valence electrons. The number of hydrogen-bond acceptors (Lipinski definition) is 5. The van der Waals surface area contributed by atoms with E-state index >= 15 is 0 Å². The molecule has 1 N–H and O–H groups in total. The summed E-state index contributed by atoms with van der Waals surface area (Å²) < 4.78 is 5.29. The van der Waals surface area contributed by atoms with E-state index in [-0.39, 0.29) is 11.3 Å². The van der Waals surface area contributed by atoms with Crippen LogP contribution in [0, 0.1) is 0 Å². The van der Waals surface area contributed by atoms with Gasteiger partial charge in [0.05, 0.1) is 9.77 Å². The second-order valence-corrected chi connectivity index (χ2v) is 8.48. The quantitative estimate of drug-likeness (QED) is 0.774. The molecule has 2 rings (SSSR count). The number of nitrogens with zero attached hydrogens (tertiary/aromatic N) is 1. The number of aromatic nitrogens is 1. The number of carbonyl (C=O) groups is 1. The van der Waals surface area contributed by atoms with Crippen molar-refractivity contribution in [2.24, 2.45) is 0 Å². The van der Waals surface area contributed by atoms with Gasteiger partial charge in [0.1, 0.15) is 5.03 Å². The molecule has 0 aliphatic heterocycles. The summed E-state index contributed by atoms with van der Waals surface area (Å²) in [5.41, 5.74) is 2.85. The molecule has 0 saturated heterocycles. The summed E-state index contributed by atoms with van der Waals surface area (Å²) in [5.74, 6) is -0.0917. The van der Waals surface area contributed by atoms with E-state index in [0.29, 0.717) is 5.56 Å². The van der Waals surface area contributed by atoms with E-state index in [1.807, 2.05) is 24.6 Å². The fraction of sp³-hybridized carbons (Fsp3) is 0.375. The predicted octanol–water partition coefficient (Wildman–Crippen LogP) is 5.14. The zero-order valence-corrected chi connectivity index (χ0v) is 15.8. The average Bonchev–Trinajstić information content (AvgIpc) is 2.89. The molecule has 2 aromatic rings. The van der Waals surface area contributed by atoms with Gasteiger partial charge in [-0.25, -0.2) is 0 Å². The lowest BCUT2D eigenvalue weighted by Crippen LogP contribution is -2.14. The van der Waals surface area contributed by atoms with Gasteiger partial charge in [0.25, 0.3) is 5.91 Å². The topological polar surface area (TPSA) is 42.0 Å². The summed E-state index contributed by atoms with van der Waals surface area (Å²) >= 11 is 4.44. The maximum absolute atomic E-state index is 12.5. The molecule has 0 aliphatic carbocycles. The van der Waals surface area contributed by atoms with Crippen molar-refractivity contribution in [3.63, 3.8) is 0 Å². The van der Waals surface area contributed by atoms with Crippen LogP contribution in [0.25, 0.3) is 0 Å². The molecule has 0 fully saturated rings. The first kappa shape index (κ1) is 17.4. The molecule has 0 saturated carbocycles. The van der Waals surface area contributed by atoms with Gasteiger partial charge < -0.3 is 5.32 Å². The number of benzene rings is 1. The molecule has 0 bridgehead atoms. The molecular weight excluding hydrogens is 332 g/mol. The maximum atomic E-state index is 12.5. The Balaban J connectivity index is 2.21. The van der Waals surface area contributed by atoms with Crippen molar-refractivity contribution in [1.82, 2.24) is 4.37 Å². The molecule has 1 aromatic heterocycles. The second-order valence-electron chi connectivity index (χ2n) is 5.84. The molecule has 0 unspecified atom stereocenters. The highest BCUT2D eigenvalue weighted by Crippen LogP contribution is 2.33. The summed E-state index contributed by atoms with van der Waals surface area (Å²) in [6.07, 6.45) is 3.90. The van der Waals surface area contributed by atoms with Crippen molar-refractivity contribution in [3.05, 3.63) is 35.4 Å². The highest BCUT2D eigenvalue weighted by atomic mass is 32.2. The molecule has 3 nitrogen and oxygen atoms in total. The minimum absolute atomic E-state index is 0.0917. The van der Waals surface area contributed by atoms with Gasteiger partial charge in [-0.1, -0.05) is 32.9 Å². The van der Waals surface area contributed by atoms with Gasteiger partial charge in [-0.3, -0.25) is 4.79 Å². The van der Waals surface area contributed by atoms with Gasteiger partial charge in [0.2, 0.25) is 0 Å². The highest BCUT2D eigenvalue weighted by molar-refractivity contribution is 8.01. The third-order valence-corrected chi connectivity index (χ3v) is 5.98. The Labute approximate surface area is 144 Å². The monoisotopic (exact) mass is 352 g/mol. The SMILES string of the molecule is CSc1nsc(SC)c1C(=O)Nc1ccc(C(C)(C)C)cc1. The molecule has 1 heterocycles. The first-order valence-electron chi connectivity index (χ1n) is 6.86. The van der Waals surface area contributed by atoms with Crippen LogP contribution in [-0.4, -0.2) is 22.8 Å². The Morgan fingerprint density at radius 1 is 1.14 bits per heavy atom. The zero-order chi connectivity index (χ0) is 16.3. The predicted molar refractivity (Wildman–Crippen MR) is 98.8 cm³/mol. The Bertz CT molecular complexity index is 636. The van der Waals surface area contributed by atoms with Crippen LogP contribution in [-0.2, 0) is 5.41 Å². The minimum Gasteiger partial charge on any atom is -0.322 e. The molecular formula is C16H20N2OS3. The second kappa shape index (κ2) is 7.06. The van der Waals surface area contributed by atoms with Crippen molar-refractivity contribution in [2.75, 3.05) is 17.8 Å². The molecule has 1 aromatic carbocycles. The third kappa shape index (κ3) is 3.86. The number of amides is 1. The van der Waals surface area contributed by atoms with E-state index in [4.69, 9.17) is 0 Å². The smallest absolute Gasteiger partial charge is 0.260 e. The van der Waals surface area contributed by atoms with Crippen molar-refractivity contribution in [2.45, 2.75) is 35.4 Å². The molecule has 0 spiro atoms. The largest absolute Gasteiger partial charge is 0.322 e. The van der Waals surface area contributed by atoms with Crippen LogP contribution in [0.5, 0.6) is 0 Å². The number of thioether (sulfide) groups is 2. The summed E-state index contributed by atoms with van der Waals surface area (Å²) in [5, 5.41) is 3.76. The average molecular weight is 353 g/mol. The van der Waals surface area contributed by atoms with Crippen molar-refractivity contribution in [1.29, 1.82) is 0 Å². The lowest BCUT2D eigenvalue weighted by Gasteiger charge is -2.19. The fourth-order valence-corrected chi connectivity index (χ4v) is 4.26. The lowest BCUT2D eigenvalue weighted by molar-refractivity contribution is 0.102. The number of rotatable bonds is 4. The van der Waals surface area contributed by atoms with E-state index in [0.717, 1.165) is 14.9 Å². The molecule has 0 atom stereocenters. The molecule has 0 radical (unpaired) electrons. The van der Waals surface area contributed by atoms with Crippen LogP contribution in [0.4, 0.5) is 5.69 Å².